The predicted octanol–water partition coefficient (Wildman–Crippen LogP) is 5.41. The number of carbonyl (C=O) groups is 1. The highest BCUT2D eigenvalue weighted by Crippen LogP contribution is 2.37. The van der Waals surface area contributed by atoms with Gasteiger partial charge in [-0.15, -0.1) is 0 Å². The van der Waals surface area contributed by atoms with Gasteiger partial charge in [-0.3, -0.25) is 14.9 Å². The molecule has 0 spiro atoms. The second kappa shape index (κ2) is 11.6. The van der Waals surface area contributed by atoms with Crippen molar-refractivity contribution in [3.8, 4) is 0 Å². The fraction of sp³-hybridized carbons (Fsp3) is 0.250. The molecule has 1 atom stereocenters. The largest absolute Gasteiger partial charge is 0.385 e. The lowest BCUT2D eigenvalue weighted by Crippen LogP contribution is -2.27. The van der Waals surface area contributed by atoms with Gasteiger partial charge in [0.05, 0.1) is 4.92 Å². The summed E-state index contributed by atoms with van der Waals surface area (Å²) in [6.45, 7) is 1.54. The van der Waals surface area contributed by atoms with Crippen LogP contribution in [0, 0.1) is 15.9 Å². The minimum absolute atomic E-state index is 0.0387. The van der Waals surface area contributed by atoms with Crippen LogP contribution in [0.2, 0.25) is 0 Å². The van der Waals surface area contributed by atoms with Crippen molar-refractivity contribution in [1.82, 2.24) is 9.88 Å². The third-order valence-corrected chi connectivity index (χ3v) is 6.17. The SMILES string of the molecule is COCCCNC(=O)CC(c1cccc(F)c1)c1cn(Cc2ccccc2)c2ccc([N+](=O)[O-])cc12. The van der Waals surface area contributed by atoms with E-state index in [0.717, 1.165) is 16.6 Å². The molecular weight excluding hydrogens is 461 g/mol. The van der Waals surface area contributed by atoms with Crippen LogP contribution in [0.3, 0.4) is 0 Å². The summed E-state index contributed by atoms with van der Waals surface area (Å²) in [5.41, 5.74) is 3.21. The number of rotatable bonds is 11. The Hall–Kier alpha value is -4.04. The maximum Gasteiger partial charge on any atom is 0.270 e. The second-order valence-corrected chi connectivity index (χ2v) is 8.66. The van der Waals surface area contributed by atoms with Gasteiger partial charge >= 0.3 is 0 Å². The molecule has 8 heteroatoms. The number of fused-ring (bicyclic) bond motifs is 1. The van der Waals surface area contributed by atoms with Crippen LogP contribution >= 0.6 is 0 Å². The molecule has 36 heavy (non-hydrogen) atoms. The Labute approximate surface area is 208 Å². The Morgan fingerprint density at radius 2 is 1.92 bits per heavy atom. The first-order chi connectivity index (χ1) is 17.5. The Kier molecular flexibility index (Phi) is 8.07. The lowest BCUT2D eigenvalue weighted by molar-refractivity contribution is -0.384. The molecule has 1 heterocycles. The molecule has 0 saturated carbocycles. The highest BCUT2D eigenvalue weighted by Gasteiger charge is 2.24. The van der Waals surface area contributed by atoms with Gasteiger partial charge in [0.15, 0.2) is 0 Å². The molecule has 0 radical (unpaired) electrons. The average molecular weight is 490 g/mol. The average Bonchev–Trinajstić information content (AvgIpc) is 3.23. The van der Waals surface area contributed by atoms with E-state index in [0.29, 0.717) is 37.1 Å². The molecule has 3 aromatic carbocycles. The fourth-order valence-corrected chi connectivity index (χ4v) is 4.45. The number of nitro groups is 1. The Balaban J connectivity index is 1.79. The predicted molar refractivity (Wildman–Crippen MR) is 136 cm³/mol. The first-order valence-electron chi connectivity index (χ1n) is 11.8. The maximum atomic E-state index is 14.2. The van der Waals surface area contributed by atoms with Crippen LogP contribution in [0.15, 0.2) is 79.0 Å². The molecule has 0 aliphatic heterocycles. The van der Waals surface area contributed by atoms with Gasteiger partial charge < -0.3 is 14.6 Å². The highest BCUT2D eigenvalue weighted by atomic mass is 19.1. The van der Waals surface area contributed by atoms with Crippen LogP contribution in [-0.4, -0.2) is 35.7 Å². The van der Waals surface area contributed by atoms with Crippen molar-refractivity contribution >= 4 is 22.5 Å². The molecule has 0 aliphatic rings. The molecule has 0 fully saturated rings. The number of hydrogen-bond donors (Lipinski definition) is 1. The van der Waals surface area contributed by atoms with Crippen molar-refractivity contribution in [2.24, 2.45) is 0 Å². The van der Waals surface area contributed by atoms with Gasteiger partial charge in [-0.25, -0.2) is 4.39 Å². The number of ether oxygens (including phenoxy) is 1. The smallest absolute Gasteiger partial charge is 0.270 e. The summed E-state index contributed by atoms with van der Waals surface area (Å²) in [5, 5.41) is 15.1. The quantitative estimate of drug-likeness (QED) is 0.173. The number of non-ortho nitro benzene ring substituents is 1. The molecule has 4 rings (SSSR count). The van der Waals surface area contributed by atoms with E-state index < -0.39 is 16.7 Å². The zero-order valence-electron chi connectivity index (χ0n) is 20.0. The monoisotopic (exact) mass is 489 g/mol. The number of nitrogens with one attached hydrogen (secondary N) is 1. The molecule has 1 aromatic heterocycles. The number of aromatic nitrogens is 1. The fourth-order valence-electron chi connectivity index (χ4n) is 4.45. The summed E-state index contributed by atoms with van der Waals surface area (Å²) in [6.07, 6.45) is 2.67. The van der Waals surface area contributed by atoms with E-state index in [9.17, 15) is 19.3 Å². The van der Waals surface area contributed by atoms with Crippen LogP contribution in [-0.2, 0) is 16.1 Å². The molecule has 4 aromatic rings. The van der Waals surface area contributed by atoms with Crippen LogP contribution in [0.4, 0.5) is 10.1 Å². The van der Waals surface area contributed by atoms with E-state index in [4.69, 9.17) is 4.74 Å². The number of carbonyl (C=O) groups excluding carboxylic acids is 1. The van der Waals surface area contributed by atoms with Gasteiger partial charge in [0.25, 0.3) is 5.69 Å². The summed E-state index contributed by atoms with van der Waals surface area (Å²) >= 11 is 0. The molecule has 0 aliphatic carbocycles. The van der Waals surface area contributed by atoms with E-state index in [-0.39, 0.29) is 18.0 Å². The second-order valence-electron chi connectivity index (χ2n) is 8.66. The van der Waals surface area contributed by atoms with Gasteiger partial charge in [0, 0.05) is 68.4 Å². The number of amides is 1. The standard InChI is InChI=1S/C28H28FN3O4/c1-36-14-6-13-30-28(33)17-24(21-9-5-10-22(29)15-21)26-19-31(18-20-7-3-2-4-8-20)27-12-11-23(32(34)35)16-25(26)27/h2-5,7-12,15-16,19,24H,6,13-14,17-18H2,1H3,(H,30,33). The van der Waals surface area contributed by atoms with Crippen molar-refractivity contribution in [1.29, 1.82) is 0 Å². The first-order valence-corrected chi connectivity index (χ1v) is 11.8. The molecule has 7 nitrogen and oxygen atoms in total. The summed E-state index contributed by atoms with van der Waals surface area (Å²) in [4.78, 5) is 24.0. The van der Waals surface area contributed by atoms with Gasteiger partial charge in [-0.2, -0.15) is 0 Å². The molecule has 1 N–H and O–H groups in total. The number of nitrogens with zero attached hydrogens (tertiary/aromatic N) is 2. The van der Waals surface area contributed by atoms with Gasteiger partial charge in [-0.05, 0) is 41.3 Å². The topological polar surface area (TPSA) is 86.4 Å². The van der Waals surface area contributed by atoms with Crippen LogP contribution in [0.5, 0.6) is 0 Å². The van der Waals surface area contributed by atoms with Crippen molar-refractivity contribution < 1.29 is 18.8 Å². The van der Waals surface area contributed by atoms with Crippen LogP contribution in [0.25, 0.3) is 10.9 Å². The summed E-state index contributed by atoms with van der Waals surface area (Å²) in [6, 6.07) is 20.8. The third-order valence-electron chi connectivity index (χ3n) is 6.17. The molecular formula is C28H28FN3O4. The van der Waals surface area contributed by atoms with E-state index in [1.165, 1.54) is 24.3 Å². The van der Waals surface area contributed by atoms with Crippen LogP contribution < -0.4 is 5.32 Å². The van der Waals surface area contributed by atoms with E-state index in [1.807, 2.05) is 41.1 Å². The summed E-state index contributed by atoms with van der Waals surface area (Å²) in [5.74, 6) is -1.09. The third kappa shape index (κ3) is 5.95. The van der Waals surface area contributed by atoms with E-state index in [1.54, 1.807) is 25.3 Å². The normalized spacial score (nSPS) is 11.9. The van der Waals surface area contributed by atoms with Gasteiger partial charge in [0.1, 0.15) is 5.82 Å². The minimum Gasteiger partial charge on any atom is -0.385 e. The van der Waals surface area contributed by atoms with Crippen molar-refractivity contribution in [3.63, 3.8) is 0 Å². The van der Waals surface area contributed by atoms with Gasteiger partial charge in [0.2, 0.25) is 5.91 Å². The highest BCUT2D eigenvalue weighted by molar-refractivity contribution is 5.88. The Morgan fingerprint density at radius 1 is 1.11 bits per heavy atom. The Bertz CT molecular complexity index is 1350. The number of nitro benzene ring substituents is 1. The molecule has 1 amide bonds. The zero-order chi connectivity index (χ0) is 25.5. The molecule has 0 saturated heterocycles. The Morgan fingerprint density at radius 3 is 2.64 bits per heavy atom. The zero-order valence-corrected chi connectivity index (χ0v) is 20.0. The number of benzene rings is 3. The lowest BCUT2D eigenvalue weighted by Gasteiger charge is -2.17. The maximum absolute atomic E-state index is 14.2. The summed E-state index contributed by atoms with van der Waals surface area (Å²) < 4.78 is 21.3. The van der Waals surface area contributed by atoms with E-state index in [2.05, 4.69) is 5.32 Å². The minimum atomic E-state index is -0.496. The van der Waals surface area contributed by atoms with Crippen molar-refractivity contribution in [2.45, 2.75) is 25.3 Å². The molecule has 0 bridgehead atoms. The molecule has 1 unspecified atom stereocenters. The van der Waals surface area contributed by atoms with Gasteiger partial charge in [-0.1, -0.05) is 42.5 Å². The van der Waals surface area contributed by atoms with E-state index >= 15 is 0 Å². The number of hydrogen-bond acceptors (Lipinski definition) is 4. The number of methoxy groups -OCH3 is 1. The first kappa shape index (κ1) is 25.1. The van der Waals surface area contributed by atoms with Crippen molar-refractivity contribution in [2.75, 3.05) is 20.3 Å². The van der Waals surface area contributed by atoms with Crippen LogP contribution in [0.1, 0.15) is 35.4 Å². The van der Waals surface area contributed by atoms with Crippen molar-refractivity contribution in [3.05, 3.63) is 112 Å². The lowest BCUT2D eigenvalue weighted by atomic mass is 9.88. The molecule has 186 valence electrons. The summed E-state index contributed by atoms with van der Waals surface area (Å²) in [7, 11) is 1.60. The number of halogens is 1.